The van der Waals surface area contributed by atoms with E-state index < -0.39 is 0 Å². The van der Waals surface area contributed by atoms with E-state index in [2.05, 4.69) is 27.7 Å². The monoisotopic (exact) mass is 218 g/mol. The highest BCUT2D eigenvalue weighted by molar-refractivity contribution is 5.20. The average molecular weight is 218 g/mol. The van der Waals surface area contributed by atoms with Crippen LogP contribution in [0, 0.1) is 34.5 Å². The molecule has 4 rings (SSSR count). The van der Waals surface area contributed by atoms with Crippen molar-refractivity contribution in [2.24, 2.45) is 22.7 Å². The second-order valence-electron chi connectivity index (χ2n) is 7.52. The quantitative estimate of drug-likeness (QED) is 0.584. The molecule has 0 N–H and O–H groups in total. The third-order valence-electron chi connectivity index (χ3n) is 6.18. The lowest BCUT2D eigenvalue weighted by Crippen LogP contribution is -2.54. The Balaban J connectivity index is 1.97. The fourth-order valence-electron chi connectivity index (χ4n) is 5.43. The van der Waals surface area contributed by atoms with Gasteiger partial charge in [0.05, 0.1) is 39.5 Å². The first-order valence-corrected chi connectivity index (χ1v) is 7.07. The minimum Gasteiger partial charge on any atom is -0.0469 e. The Morgan fingerprint density at radius 3 is 1.44 bits per heavy atom. The molecule has 0 nitrogen and oxygen atoms in total. The van der Waals surface area contributed by atoms with Crippen molar-refractivity contribution in [3.05, 3.63) is 11.8 Å². The summed E-state index contributed by atoms with van der Waals surface area (Å²) in [5, 5.41) is 0. The molecular weight excluding hydrogens is 192 g/mol. The van der Waals surface area contributed by atoms with E-state index in [1.807, 2.05) is 0 Å². The second kappa shape index (κ2) is 3.15. The van der Waals surface area contributed by atoms with Crippen LogP contribution in [0.1, 0.15) is 66.2 Å². The van der Waals surface area contributed by atoms with Crippen molar-refractivity contribution in [3.63, 3.8) is 0 Å². The fraction of sp³-hybridized carbons (Fsp3) is 0.875. The zero-order chi connectivity index (χ0) is 11.6. The summed E-state index contributed by atoms with van der Waals surface area (Å²) in [7, 11) is 0. The Bertz CT molecular complexity index is 246. The molecule has 4 bridgehead atoms. The van der Waals surface area contributed by atoms with Crippen molar-refractivity contribution >= 4 is 0 Å². The molecule has 88 valence electrons. The molecule has 4 saturated carbocycles. The summed E-state index contributed by atoms with van der Waals surface area (Å²) in [5.74, 6) is 5.55. The van der Waals surface area contributed by atoms with Gasteiger partial charge in [0.2, 0.25) is 0 Å². The van der Waals surface area contributed by atoms with Crippen LogP contribution in [0.5, 0.6) is 0 Å². The summed E-state index contributed by atoms with van der Waals surface area (Å²) in [6, 6.07) is 0. The van der Waals surface area contributed by atoms with Crippen LogP contribution < -0.4 is 0 Å². The van der Waals surface area contributed by atoms with Gasteiger partial charge in [0, 0.05) is 6.42 Å². The predicted octanol–water partition coefficient (Wildman–Crippen LogP) is 4.80. The highest BCUT2D eigenvalue weighted by Gasteiger charge is 2.67. The van der Waals surface area contributed by atoms with Crippen molar-refractivity contribution in [3.8, 4) is 0 Å². The van der Waals surface area contributed by atoms with Gasteiger partial charge in [-0.05, 0) is 43.9 Å². The normalized spacial score (nSPS) is 49.5. The molecule has 0 aromatic carbocycles. The number of hydrogen-bond acceptors (Lipinski definition) is 0. The molecule has 0 unspecified atom stereocenters. The molecule has 0 radical (unpaired) electrons. The summed E-state index contributed by atoms with van der Waals surface area (Å²) in [6.07, 6.45) is 9.09. The summed E-state index contributed by atoms with van der Waals surface area (Å²) >= 11 is 0. The van der Waals surface area contributed by atoms with Crippen LogP contribution in [0.25, 0.3) is 0 Å². The number of rotatable bonds is 2. The third kappa shape index (κ3) is 1.28. The van der Waals surface area contributed by atoms with Crippen LogP contribution in [0.2, 0.25) is 0 Å². The molecule has 16 heavy (non-hydrogen) atoms. The summed E-state index contributed by atoms with van der Waals surface area (Å²) in [6.45, 7) is 9.58. The van der Waals surface area contributed by atoms with E-state index in [0.29, 0.717) is 10.8 Å². The Morgan fingerprint density at radius 1 is 0.750 bits per heavy atom. The van der Waals surface area contributed by atoms with Crippen LogP contribution in [0.3, 0.4) is 0 Å². The van der Waals surface area contributed by atoms with Gasteiger partial charge in [-0.15, -0.1) is 0 Å². The molecule has 0 amide bonds. The lowest BCUT2D eigenvalue weighted by molar-refractivity contribution is -0.0935. The first-order valence-electron chi connectivity index (χ1n) is 7.07. The Labute approximate surface area is 101 Å². The molecule has 0 aliphatic heterocycles. The molecule has 0 aromatic rings. The molecule has 0 heteroatoms. The van der Waals surface area contributed by atoms with Crippen LogP contribution >= 0.6 is 0 Å². The maximum atomic E-state index is 2.39. The fourth-order valence-corrected chi connectivity index (χ4v) is 5.43. The maximum absolute atomic E-state index is 2.39. The standard InChI is InChI=1S/C16H26/c1-11(2)15-6-13-5-14(7-15)9-16(8-13,10-15)12(3)4/h13-14H,5-10H2,1-4H3/q+2. The highest BCUT2D eigenvalue weighted by atomic mass is 14.6. The van der Waals surface area contributed by atoms with E-state index in [0.717, 1.165) is 11.8 Å². The topological polar surface area (TPSA) is 0 Å². The van der Waals surface area contributed by atoms with Gasteiger partial charge < -0.3 is 0 Å². The lowest BCUT2D eigenvalue weighted by atomic mass is 9.40. The van der Waals surface area contributed by atoms with Gasteiger partial charge in [0.15, 0.2) is 0 Å². The summed E-state index contributed by atoms with van der Waals surface area (Å²) < 4.78 is 0. The Morgan fingerprint density at radius 2 is 1.12 bits per heavy atom. The van der Waals surface area contributed by atoms with Crippen molar-refractivity contribution in [2.75, 3.05) is 0 Å². The van der Waals surface area contributed by atoms with Crippen molar-refractivity contribution < 1.29 is 0 Å². The van der Waals surface area contributed by atoms with Gasteiger partial charge >= 0.3 is 0 Å². The molecule has 4 fully saturated rings. The third-order valence-corrected chi connectivity index (χ3v) is 6.18. The Kier molecular flexibility index (Phi) is 2.14. The van der Waals surface area contributed by atoms with Gasteiger partial charge in [0.1, 0.15) is 10.8 Å². The van der Waals surface area contributed by atoms with E-state index in [4.69, 9.17) is 0 Å². The second-order valence-corrected chi connectivity index (χ2v) is 7.52. The van der Waals surface area contributed by atoms with Gasteiger partial charge in [-0.1, -0.05) is 0 Å². The zero-order valence-electron chi connectivity index (χ0n) is 11.4. The minimum atomic E-state index is 0.640. The Hall–Kier alpha value is -0.260. The first-order chi connectivity index (χ1) is 7.46. The average Bonchev–Trinajstić information content (AvgIpc) is 2.14. The highest BCUT2D eigenvalue weighted by Crippen LogP contribution is 2.69. The van der Waals surface area contributed by atoms with Crippen LogP contribution in [0.4, 0.5) is 0 Å². The molecular formula is C16H26+2. The van der Waals surface area contributed by atoms with E-state index in [1.54, 1.807) is 18.3 Å². The van der Waals surface area contributed by atoms with E-state index in [9.17, 15) is 0 Å². The van der Waals surface area contributed by atoms with Crippen LogP contribution in [0.15, 0.2) is 0 Å². The molecule has 0 saturated heterocycles. The maximum Gasteiger partial charge on any atom is 0.115 e. The largest absolute Gasteiger partial charge is 0.115 e. The van der Waals surface area contributed by atoms with Crippen molar-refractivity contribution in [2.45, 2.75) is 66.2 Å². The van der Waals surface area contributed by atoms with Crippen molar-refractivity contribution in [1.29, 1.82) is 0 Å². The van der Waals surface area contributed by atoms with E-state index in [1.165, 1.54) is 32.1 Å². The molecule has 0 heterocycles. The van der Waals surface area contributed by atoms with Gasteiger partial charge in [-0.3, -0.25) is 0 Å². The van der Waals surface area contributed by atoms with Gasteiger partial charge in [0.25, 0.3) is 0 Å². The smallest absolute Gasteiger partial charge is 0.0469 e. The molecule has 4 aliphatic carbocycles. The molecule has 4 aliphatic rings. The minimum absolute atomic E-state index is 0.640. The number of hydrogen-bond donors (Lipinski definition) is 0. The van der Waals surface area contributed by atoms with E-state index in [-0.39, 0.29) is 0 Å². The van der Waals surface area contributed by atoms with Gasteiger partial charge in [-0.25, -0.2) is 0 Å². The molecule has 0 atom stereocenters. The SMILES string of the molecule is C[C+](C)C12CC3CC(C1)CC([C+](C)C)(C3)C2. The zero-order valence-corrected chi connectivity index (χ0v) is 11.4. The lowest BCUT2D eigenvalue weighted by Gasteiger charge is -2.57. The molecule has 0 aromatic heterocycles. The van der Waals surface area contributed by atoms with E-state index >= 15 is 0 Å². The molecule has 0 spiro atoms. The first kappa shape index (κ1) is 10.9. The summed E-state index contributed by atoms with van der Waals surface area (Å²) in [4.78, 5) is 0. The predicted molar refractivity (Wildman–Crippen MR) is 68.7 cm³/mol. The van der Waals surface area contributed by atoms with Crippen molar-refractivity contribution in [1.82, 2.24) is 0 Å². The summed E-state index contributed by atoms with van der Waals surface area (Å²) in [5.41, 5.74) is 1.28. The van der Waals surface area contributed by atoms with Crippen LogP contribution in [-0.2, 0) is 0 Å². The van der Waals surface area contributed by atoms with Crippen LogP contribution in [-0.4, -0.2) is 0 Å². The van der Waals surface area contributed by atoms with Gasteiger partial charge in [-0.2, -0.15) is 0 Å².